The lowest BCUT2D eigenvalue weighted by atomic mass is 10.0. The minimum atomic E-state index is -1.09. The van der Waals surface area contributed by atoms with Gasteiger partial charge in [-0.2, -0.15) is 4.68 Å². The standard InChI is InChI=1S/C32H30FN7O5S/c1-32(2,3)45-31(44)38-15-5-6-20(18-38)39(28-23-17-21(9-11-27(41)42)46-26(23)12-14-35-28)30(43)22-10-8-19(16-24(22)33)40-29-25(36-37-40)7-4-13-34-29/h4,7-14,16-17,20H,5-6,15,18H2,1-3H3,(H,41,42)/b11-9+/t20-/m1/s1. The predicted octanol–water partition coefficient (Wildman–Crippen LogP) is 5.71. The number of amides is 2. The number of ether oxygens (including phenoxy) is 1. The van der Waals surface area contributed by atoms with Crippen molar-refractivity contribution in [1.82, 2.24) is 29.9 Å². The van der Waals surface area contributed by atoms with E-state index in [1.807, 2.05) is 0 Å². The van der Waals surface area contributed by atoms with E-state index in [9.17, 15) is 14.4 Å². The van der Waals surface area contributed by atoms with Crippen molar-refractivity contribution in [3.63, 3.8) is 0 Å². The summed E-state index contributed by atoms with van der Waals surface area (Å²) in [4.78, 5) is 51.1. The Bertz CT molecular complexity index is 2000. The number of hydrogen-bond donors (Lipinski definition) is 1. The third kappa shape index (κ3) is 6.29. The second kappa shape index (κ2) is 12.3. The number of carboxylic acid groups (broad SMARTS) is 1. The lowest BCUT2D eigenvalue weighted by Crippen LogP contribution is -2.53. The van der Waals surface area contributed by atoms with E-state index >= 15 is 4.39 Å². The number of benzene rings is 1. The zero-order valence-electron chi connectivity index (χ0n) is 25.3. The summed E-state index contributed by atoms with van der Waals surface area (Å²) in [5.74, 6) is -2.24. The summed E-state index contributed by atoms with van der Waals surface area (Å²) >= 11 is 1.33. The van der Waals surface area contributed by atoms with E-state index in [1.165, 1.54) is 39.1 Å². The van der Waals surface area contributed by atoms with Crippen molar-refractivity contribution >= 4 is 62.5 Å². The Balaban J connectivity index is 1.41. The first-order chi connectivity index (χ1) is 22.0. The summed E-state index contributed by atoms with van der Waals surface area (Å²) < 4.78 is 23.7. The van der Waals surface area contributed by atoms with E-state index in [4.69, 9.17) is 9.84 Å². The van der Waals surface area contributed by atoms with E-state index in [1.54, 1.807) is 68.4 Å². The van der Waals surface area contributed by atoms with E-state index in [2.05, 4.69) is 20.3 Å². The fraction of sp³-hybridized carbons (Fsp3) is 0.281. The summed E-state index contributed by atoms with van der Waals surface area (Å²) in [5, 5.41) is 17.9. The average molecular weight is 644 g/mol. The molecule has 5 heterocycles. The average Bonchev–Trinajstić information content (AvgIpc) is 3.64. The van der Waals surface area contributed by atoms with Crippen molar-refractivity contribution in [1.29, 1.82) is 0 Å². The number of anilines is 1. The Morgan fingerprint density at radius 3 is 2.72 bits per heavy atom. The molecule has 0 saturated carbocycles. The zero-order valence-corrected chi connectivity index (χ0v) is 26.1. The Hall–Kier alpha value is -5.24. The fourth-order valence-electron chi connectivity index (χ4n) is 5.37. The van der Waals surface area contributed by atoms with Crippen LogP contribution in [0.1, 0.15) is 48.8 Å². The molecule has 1 saturated heterocycles. The molecule has 2 amide bonds. The highest BCUT2D eigenvalue weighted by atomic mass is 32.1. The van der Waals surface area contributed by atoms with Crippen LogP contribution in [0.15, 0.2) is 60.9 Å². The van der Waals surface area contributed by atoms with Crippen LogP contribution in [0.2, 0.25) is 0 Å². The molecule has 0 unspecified atom stereocenters. The molecular weight excluding hydrogens is 613 g/mol. The molecule has 14 heteroatoms. The maximum Gasteiger partial charge on any atom is 0.410 e. The maximum absolute atomic E-state index is 15.9. The van der Waals surface area contributed by atoms with Crippen molar-refractivity contribution in [2.45, 2.75) is 45.3 Å². The normalized spacial score (nSPS) is 15.5. The molecule has 5 aromatic rings. The first kappa shape index (κ1) is 30.8. The predicted molar refractivity (Wildman–Crippen MR) is 171 cm³/mol. The van der Waals surface area contributed by atoms with Crippen LogP contribution >= 0.6 is 11.3 Å². The SMILES string of the molecule is CC(C)(C)OC(=O)N1CCC[C@@H](N(C(=O)c2ccc(-n3nnc4cccnc43)cc2F)c2nccc3sc(/C=C/C(=O)O)cc23)C1. The van der Waals surface area contributed by atoms with Crippen LogP contribution in [0.25, 0.3) is 33.0 Å². The molecule has 4 aromatic heterocycles. The molecule has 236 valence electrons. The number of aromatic nitrogens is 5. The molecule has 1 N–H and O–H groups in total. The molecule has 12 nitrogen and oxygen atoms in total. The van der Waals surface area contributed by atoms with Gasteiger partial charge in [-0.1, -0.05) is 5.21 Å². The number of carboxylic acids is 1. The third-order valence-electron chi connectivity index (χ3n) is 7.33. The van der Waals surface area contributed by atoms with Gasteiger partial charge in [-0.25, -0.2) is 23.9 Å². The van der Waals surface area contributed by atoms with E-state index in [0.29, 0.717) is 46.5 Å². The number of likely N-dealkylation sites (tertiary alicyclic amines) is 1. The van der Waals surface area contributed by atoms with Gasteiger partial charge in [-0.05, 0) is 76.1 Å². The molecular formula is C32H30FN7O5S. The summed E-state index contributed by atoms with van der Waals surface area (Å²) in [5.41, 5.74) is 0.403. The van der Waals surface area contributed by atoms with Gasteiger partial charge in [0, 0.05) is 52.6 Å². The smallest absolute Gasteiger partial charge is 0.410 e. The van der Waals surface area contributed by atoms with Gasteiger partial charge in [-0.3, -0.25) is 9.69 Å². The summed E-state index contributed by atoms with van der Waals surface area (Å²) in [6.45, 7) is 5.93. The number of fused-ring (bicyclic) bond motifs is 2. The number of nitrogens with zero attached hydrogens (tertiary/aromatic N) is 7. The van der Waals surface area contributed by atoms with Gasteiger partial charge >= 0.3 is 12.1 Å². The summed E-state index contributed by atoms with van der Waals surface area (Å²) in [7, 11) is 0. The first-order valence-corrected chi connectivity index (χ1v) is 15.4. The van der Waals surface area contributed by atoms with Crippen LogP contribution in [-0.2, 0) is 9.53 Å². The van der Waals surface area contributed by atoms with Gasteiger partial charge < -0.3 is 14.7 Å². The Kier molecular flexibility index (Phi) is 8.21. The van der Waals surface area contributed by atoms with Gasteiger partial charge in [0.05, 0.1) is 17.3 Å². The van der Waals surface area contributed by atoms with E-state index in [0.717, 1.165) is 10.8 Å². The number of piperidine rings is 1. The lowest BCUT2D eigenvalue weighted by Gasteiger charge is -2.39. The summed E-state index contributed by atoms with van der Waals surface area (Å²) in [6.07, 6.45) is 6.23. The van der Waals surface area contributed by atoms with E-state index in [-0.39, 0.29) is 17.9 Å². The van der Waals surface area contributed by atoms with Crippen molar-refractivity contribution in [3.8, 4) is 5.69 Å². The number of pyridine rings is 2. The van der Waals surface area contributed by atoms with Gasteiger partial charge in [0.15, 0.2) is 5.65 Å². The third-order valence-corrected chi connectivity index (χ3v) is 8.40. The molecule has 1 aliphatic heterocycles. The molecule has 6 rings (SSSR count). The first-order valence-electron chi connectivity index (χ1n) is 14.6. The lowest BCUT2D eigenvalue weighted by molar-refractivity contribution is -0.131. The molecule has 0 spiro atoms. The molecule has 1 fully saturated rings. The molecule has 1 atom stereocenters. The van der Waals surface area contributed by atoms with Gasteiger partial charge in [-0.15, -0.1) is 16.4 Å². The van der Waals surface area contributed by atoms with Crippen molar-refractivity contribution in [3.05, 3.63) is 77.2 Å². The van der Waals surface area contributed by atoms with Gasteiger partial charge in [0.2, 0.25) is 0 Å². The number of carbonyl (C=O) groups is 3. The fourth-order valence-corrected chi connectivity index (χ4v) is 6.32. The monoisotopic (exact) mass is 643 g/mol. The second-order valence-corrected chi connectivity index (χ2v) is 12.9. The van der Waals surface area contributed by atoms with Crippen LogP contribution in [0.4, 0.5) is 15.0 Å². The number of aliphatic carboxylic acids is 1. The zero-order chi connectivity index (χ0) is 32.6. The minimum absolute atomic E-state index is 0.144. The van der Waals surface area contributed by atoms with Crippen LogP contribution in [0.5, 0.6) is 0 Å². The molecule has 46 heavy (non-hydrogen) atoms. The molecule has 0 bridgehead atoms. The highest BCUT2D eigenvalue weighted by molar-refractivity contribution is 7.20. The number of rotatable bonds is 6. The maximum atomic E-state index is 15.9. The summed E-state index contributed by atoms with van der Waals surface area (Å²) in [6, 6.07) is 10.6. The Labute approximate surface area is 266 Å². The highest BCUT2D eigenvalue weighted by Crippen LogP contribution is 2.36. The molecule has 1 aliphatic rings. The van der Waals surface area contributed by atoms with Crippen LogP contribution < -0.4 is 4.90 Å². The minimum Gasteiger partial charge on any atom is -0.478 e. The van der Waals surface area contributed by atoms with Crippen molar-refractivity contribution < 1.29 is 28.6 Å². The second-order valence-electron chi connectivity index (χ2n) is 11.8. The van der Waals surface area contributed by atoms with Crippen molar-refractivity contribution in [2.24, 2.45) is 0 Å². The Morgan fingerprint density at radius 1 is 1.13 bits per heavy atom. The van der Waals surface area contributed by atoms with Crippen LogP contribution in [-0.4, -0.2) is 77.7 Å². The number of hydrogen-bond acceptors (Lipinski definition) is 9. The van der Waals surface area contributed by atoms with Crippen molar-refractivity contribution in [2.75, 3.05) is 18.0 Å². The quantitative estimate of drug-likeness (QED) is 0.230. The van der Waals surface area contributed by atoms with Gasteiger partial charge in [0.1, 0.15) is 22.8 Å². The largest absolute Gasteiger partial charge is 0.478 e. The number of carbonyl (C=O) groups excluding carboxylic acids is 2. The molecule has 1 aromatic carbocycles. The van der Waals surface area contributed by atoms with E-state index < -0.39 is 35.4 Å². The topological polar surface area (TPSA) is 144 Å². The van der Waals surface area contributed by atoms with Gasteiger partial charge in [0.25, 0.3) is 5.91 Å². The van der Waals surface area contributed by atoms with Crippen LogP contribution in [0, 0.1) is 5.82 Å². The van der Waals surface area contributed by atoms with Crippen LogP contribution in [0.3, 0.4) is 0 Å². The highest BCUT2D eigenvalue weighted by Gasteiger charge is 2.36. The molecule has 0 radical (unpaired) electrons. The Morgan fingerprint density at radius 2 is 1.96 bits per heavy atom. The number of thiophene rings is 1. The number of halogens is 1. The molecule has 0 aliphatic carbocycles.